The molecule has 1 aliphatic carbocycles. The van der Waals surface area contributed by atoms with Gasteiger partial charge in [0.15, 0.2) is 0 Å². The lowest BCUT2D eigenvalue weighted by atomic mass is 9.91. The molecule has 0 radical (unpaired) electrons. The van der Waals surface area contributed by atoms with E-state index in [0.717, 1.165) is 43.6 Å². The van der Waals surface area contributed by atoms with E-state index in [1.807, 2.05) is 31.2 Å². The van der Waals surface area contributed by atoms with Gasteiger partial charge < -0.3 is 15.4 Å². The zero-order chi connectivity index (χ0) is 14.7. The summed E-state index contributed by atoms with van der Waals surface area (Å²) in [6, 6.07) is 7.91. The minimum absolute atomic E-state index is 0.181. The minimum Gasteiger partial charge on any atom is -0.377 e. The van der Waals surface area contributed by atoms with E-state index in [1.54, 1.807) is 0 Å². The Morgan fingerprint density at radius 1 is 1.38 bits per heavy atom. The van der Waals surface area contributed by atoms with Gasteiger partial charge in [0, 0.05) is 23.8 Å². The molecule has 1 heterocycles. The summed E-state index contributed by atoms with van der Waals surface area (Å²) in [4.78, 5) is 12.5. The van der Waals surface area contributed by atoms with Crippen LogP contribution in [0.25, 0.3) is 0 Å². The van der Waals surface area contributed by atoms with Crippen LogP contribution >= 0.6 is 0 Å². The number of anilines is 1. The Morgan fingerprint density at radius 2 is 2.14 bits per heavy atom. The van der Waals surface area contributed by atoms with Crippen LogP contribution in [0.15, 0.2) is 24.3 Å². The number of rotatable bonds is 5. The summed E-state index contributed by atoms with van der Waals surface area (Å²) in [5.74, 6) is 0.376. The van der Waals surface area contributed by atoms with Crippen LogP contribution in [0, 0.1) is 11.3 Å². The molecule has 1 saturated carbocycles. The average Bonchev–Trinajstić information content (AvgIpc) is 3.20. The van der Waals surface area contributed by atoms with Gasteiger partial charge in [-0.2, -0.15) is 0 Å². The lowest BCUT2D eigenvalue weighted by Crippen LogP contribution is -2.31. The number of benzene rings is 1. The zero-order valence-corrected chi connectivity index (χ0v) is 12.7. The van der Waals surface area contributed by atoms with Gasteiger partial charge in [-0.3, -0.25) is 4.79 Å². The summed E-state index contributed by atoms with van der Waals surface area (Å²) >= 11 is 0. The maximum atomic E-state index is 12.5. The third-order valence-corrected chi connectivity index (χ3v) is 4.84. The van der Waals surface area contributed by atoms with Crippen LogP contribution in [0.3, 0.4) is 0 Å². The Morgan fingerprint density at radius 3 is 2.90 bits per heavy atom. The molecule has 1 unspecified atom stereocenters. The first-order chi connectivity index (χ1) is 10.2. The Bertz CT molecular complexity index is 509. The van der Waals surface area contributed by atoms with Gasteiger partial charge in [-0.1, -0.05) is 18.2 Å². The van der Waals surface area contributed by atoms with Gasteiger partial charge in [0.2, 0.25) is 5.91 Å². The van der Waals surface area contributed by atoms with Gasteiger partial charge in [0.05, 0.1) is 6.61 Å². The first kappa shape index (κ1) is 14.5. The van der Waals surface area contributed by atoms with Gasteiger partial charge in [-0.25, -0.2) is 0 Å². The van der Waals surface area contributed by atoms with Crippen LogP contribution in [-0.2, 0) is 16.1 Å². The number of carbonyl (C=O) groups is 1. The number of para-hydroxylation sites is 1. The van der Waals surface area contributed by atoms with Gasteiger partial charge >= 0.3 is 0 Å². The van der Waals surface area contributed by atoms with E-state index < -0.39 is 0 Å². The molecular formula is C17H24N2O2. The van der Waals surface area contributed by atoms with E-state index in [4.69, 9.17) is 4.74 Å². The van der Waals surface area contributed by atoms with Crippen molar-refractivity contribution < 1.29 is 9.53 Å². The highest BCUT2D eigenvalue weighted by atomic mass is 16.5. The fourth-order valence-electron chi connectivity index (χ4n) is 3.40. The van der Waals surface area contributed by atoms with E-state index in [0.29, 0.717) is 13.2 Å². The zero-order valence-electron chi connectivity index (χ0n) is 12.7. The van der Waals surface area contributed by atoms with Crippen LogP contribution in [0.4, 0.5) is 5.69 Å². The van der Waals surface area contributed by atoms with Gasteiger partial charge in [0.25, 0.3) is 0 Å². The van der Waals surface area contributed by atoms with E-state index in [1.165, 1.54) is 0 Å². The molecule has 4 nitrogen and oxygen atoms in total. The van der Waals surface area contributed by atoms with Crippen LogP contribution in [0.2, 0.25) is 0 Å². The quantitative estimate of drug-likeness (QED) is 0.875. The summed E-state index contributed by atoms with van der Waals surface area (Å²) in [6.07, 6.45) is 3.31. The highest BCUT2D eigenvalue weighted by Crippen LogP contribution is 2.58. The van der Waals surface area contributed by atoms with Crippen molar-refractivity contribution >= 4 is 11.6 Å². The molecule has 2 aliphatic rings. The lowest BCUT2D eigenvalue weighted by Gasteiger charge is -2.23. The summed E-state index contributed by atoms with van der Waals surface area (Å²) in [5.41, 5.74) is 2.23. The van der Waals surface area contributed by atoms with Crippen LogP contribution in [-0.4, -0.2) is 25.6 Å². The van der Waals surface area contributed by atoms with Crippen molar-refractivity contribution in [3.8, 4) is 0 Å². The third-order valence-electron chi connectivity index (χ3n) is 4.84. The van der Waals surface area contributed by atoms with E-state index in [2.05, 4.69) is 10.6 Å². The van der Waals surface area contributed by atoms with E-state index in [-0.39, 0.29) is 17.2 Å². The maximum Gasteiger partial charge on any atom is 0.228 e. The van der Waals surface area contributed by atoms with Crippen molar-refractivity contribution in [1.29, 1.82) is 0 Å². The predicted octanol–water partition coefficient (Wildman–Crippen LogP) is 2.55. The molecule has 1 atom stereocenters. The second kappa shape index (κ2) is 6.16. The summed E-state index contributed by atoms with van der Waals surface area (Å²) < 4.78 is 5.47. The molecule has 3 rings (SSSR count). The number of nitrogens with one attached hydrogen (secondary N) is 2. The van der Waals surface area contributed by atoms with Crippen molar-refractivity contribution in [3.63, 3.8) is 0 Å². The molecule has 2 fully saturated rings. The molecule has 1 amide bonds. The Kier molecular flexibility index (Phi) is 4.27. The van der Waals surface area contributed by atoms with Crippen molar-refractivity contribution in [2.24, 2.45) is 11.3 Å². The summed E-state index contributed by atoms with van der Waals surface area (Å²) in [5, 5.41) is 6.49. The molecule has 1 spiro atoms. The Labute approximate surface area is 126 Å². The Hall–Kier alpha value is -1.39. The largest absolute Gasteiger partial charge is 0.377 e. The molecule has 0 bridgehead atoms. The molecule has 2 N–H and O–H groups in total. The third kappa shape index (κ3) is 3.11. The van der Waals surface area contributed by atoms with E-state index in [9.17, 15) is 4.79 Å². The first-order valence-corrected chi connectivity index (χ1v) is 7.92. The fraction of sp³-hybridized carbons (Fsp3) is 0.588. The second-order valence-electron chi connectivity index (χ2n) is 6.15. The van der Waals surface area contributed by atoms with Gasteiger partial charge in [-0.15, -0.1) is 0 Å². The molecule has 1 aliphatic heterocycles. The normalized spacial score (nSPS) is 23.0. The fourth-order valence-corrected chi connectivity index (χ4v) is 3.40. The molecule has 0 aromatic heterocycles. The van der Waals surface area contributed by atoms with Crippen LogP contribution in [0.5, 0.6) is 0 Å². The number of amides is 1. The number of hydrogen-bond acceptors (Lipinski definition) is 3. The smallest absolute Gasteiger partial charge is 0.228 e. The summed E-state index contributed by atoms with van der Waals surface area (Å²) in [6.45, 7) is 5.30. The average molecular weight is 288 g/mol. The number of piperidine rings is 1. The van der Waals surface area contributed by atoms with Crippen LogP contribution in [0.1, 0.15) is 31.7 Å². The highest BCUT2D eigenvalue weighted by molar-refractivity contribution is 5.95. The molecule has 1 saturated heterocycles. The van der Waals surface area contributed by atoms with Crippen molar-refractivity contribution in [3.05, 3.63) is 29.8 Å². The van der Waals surface area contributed by atoms with Crippen molar-refractivity contribution in [2.45, 2.75) is 32.8 Å². The Balaban J connectivity index is 1.63. The second-order valence-corrected chi connectivity index (χ2v) is 6.15. The predicted molar refractivity (Wildman–Crippen MR) is 83.0 cm³/mol. The van der Waals surface area contributed by atoms with Gasteiger partial charge in [-0.05, 0) is 50.8 Å². The van der Waals surface area contributed by atoms with Crippen molar-refractivity contribution in [1.82, 2.24) is 5.32 Å². The number of carbonyl (C=O) groups excluding carboxylic acids is 1. The molecule has 1 aromatic carbocycles. The number of hydrogen-bond donors (Lipinski definition) is 2. The number of ether oxygens (including phenoxy) is 1. The summed E-state index contributed by atoms with van der Waals surface area (Å²) in [7, 11) is 0. The minimum atomic E-state index is 0.181. The molecule has 21 heavy (non-hydrogen) atoms. The van der Waals surface area contributed by atoms with Gasteiger partial charge in [0.1, 0.15) is 0 Å². The SMILES string of the molecule is CCOCc1ccccc1NC(=O)C1CC12CCNCC2. The maximum absolute atomic E-state index is 12.5. The molecule has 114 valence electrons. The molecule has 1 aromatic rings. The highest BCUT2D eigenvalue weighted by Gasteiger charge is 2.57. The molecular weight excluding hydrogens is 264 g/mol. The van der Waals surface area contributed by atoms with Crippen LogP contribution < -0.4 is 10.6 Å². The lowest BCUT2D eigenvalue weighted by molar-refractivity contribution is -0.118. The van der Waals surface area contributed by atoms with E-state index >= 15 is 0 Å². The topological polar surface area (TPSA) is 50.4 Å². The monoisotopic (exact) mass is 288 g/mol. The first-order valence-electron chi connectivity index (χ1n) is 7.92. The van der Waals surface area contributed by atoms with Crippen molar-refractivity contribution in [2.75, 3.05) is 25.0 Å². The molecule has 4 heteroatoms. The standard InChI is InChI=1S/C17H24N2O2/c1-2-21-12-13-5-3-4-6-15(13)19-16(20)14-11-17(14)7-9-18-10-8-17/h3-6,14,18H,2,7-12H2,1H3,(H,19,20).